The highest BCUT2D eigenvalue weighted by atomic mass is 32.2. The second kappa shape index (κ2) is 8.11. The van der Waals surface area contributed by atoms with E-state index in [1.54, 1.807) is 36.4 Å². The van der Waals surface area contributed by atoms with Gasteiger partial charge in [-0.05, 0) is 37.3 Å². The number of hydrogen-bond acceptors (Lipinski definition) is 6. The van der Waals surface area contributed by atoms with E-state index in [0.717, 1.165) is 5.56 Å². The Bertz CT molecular complexity index is 1190. The minimum absolute atomic E-state index is 0.109. The number of nitro benzene ring substituents is 1. The maximum atomic E-state index is 12.6. The first-order valence-corrected chi connectivity index (χ1v) is 9.94. The molecule has 2 N–H and O–H groups in total. The average Bonchev–Trinajstić information content (AvgIpc) is 2.68. The molecule has 8 nitrogen and oxygen atoms in total. The molecule has 0 fully saturated rings. The predicted octanol–water partition coefficient (Wildman–Crippen LogP) is 4.16. The summed E-state index contributed by atoms with van der Waals surface area (Å²) >= 11 is 0. The van der Waals surface area contributed by atoms with Gasteiger partial charge in [-0.3, -0.25) is 19.8 Å². The molecular formula is C20H17N3O5S. The zero-order chi connectivity index (χ0) is 21.0. The van der Waals surface area contributed by atoms with Crippen molar-refractivity contribution >= 4 is 33.3 Å². The van der Waals surface area contributed by atoms with Crippen LogP contribution >= 0.6 is 0 Å². The number of sulfonamides is 1. The fourth-order valence-corrected chi connectivity index (χ4v) is 3.57. The van der Waals surface area contributed by atoms with E-state index >= 15 is 0 Å². The van der Waals surface area contributed by atoms with Crippen LogP contribution in [0.2, 0.25) is 0 Å². The molecule has 0 atom stereocenters. The van der Waals surface area contributed by atoms with Crippen LogP contribution in [0.3, 0.4) is 0 Å². The normalized spacial score (nSPS) is 11.5. The number of aryl methyl sites for hydroxylation is 1. The van der Waals surface area contributed by atoms with Gasteiger partial charge in [-0.2, -0.15) is 0 Å². The maximum Gasteiger partial charge on any atom is 0.270 e. The first kappa shape index (κ1) is 20.0. The number of nitro groups is 1. The molecule has 0 aliphatic carbocycles. The molecule has 0 bridgehead atoms. The summed E-state index contributed by atoms with van der Waals surface area (Å²) in [4.78, 5) is 14.6. The number of rotatable bonds is 6. The van der Waals surface area contributed by atoms with Crippen LogP contribution in [0.5, 0.6) is 5.75 Å². The highest BCUT2D eigenvalue weighted by Gasteiger charge is 2.15. The predicted molar refractivity (Wildman–Crippen MR) is 110 cm³/mol. The van der Waals surface area contributed by atoms with Crippen molar-refractivity contribution in [2.75, 3.05) is 4.72 Å². The van der Waals surface area contributed by atoms with Crippen LogP contribution in [-0.2, 0) is 10.0 Å². The van der Waals surface area contributed by atoms with Gasteiger partial charge in [0, 0.05) is 23.9 Å². The fourth-order valence-electron chi connectivity index (χ4n) is 2.49. The van der Waals surface area contributed by atoms with Gasteiger partial charge in [-0.25, -0.2) is 8.42 Å². The third kappa shape index (κ3) is 4.77. The van der Waals surface area contributed by atoms with Gasteiger partial charge >= 0.3 is 0 Å². The van der Waals surface area contributed by atoms with E-state index in [0.29, 0.717) is 0 Å². The van der Waals surface area contributed by atoms with E-state index in [9.17, 15) is 23.6 Å². The van der Waals surface area contributed by atoms with Crippen molar-refractivity contribution in [2.45, 2.75) is 11.8 Å². The summed E-state index contributed by atoms with van der Waals surface area (Å²) in [5, 5.41) is 20.8. The third-order valence-electron chi connectivity index (χ3n) is 4.04. The summed E-state index contributed by atoms with van der Waals surface area (Å²) in [5.74, 6) is -0.183. The van der Waals surface area contributed by atoms with Gasteiger partial charge in [0.1, 0.15) is 5.75 Å². The Kier molecular flexibility index (Phi) is 5.60. The molecule has 0 saturated carbocycles. The van der Waals surface area contributed by atoms with E-state index in [1.165, 1.54) is 36.5 Å². The van der Waals surface area contributed by atoms with E-state index in [-0.39, 0.29) is 33.3 Å². The number of aromatic hydroxyl groups is 1. The minimum atomic E-state index is -3.82. The Morgan fingerprint density at radius 2 is 1.76 bits per heavy atom. The summed E-state index contributed by atoms with van der Waals surface area (Å²) < 4.78 is 27.8. The van der Waals surface area contributed by atoms with E-state index in [4.69, 9.17) is 0 Å². The van der Waals surface area contributed by atoms with Crippen molar-refractivity contribution in [2.24, 2.45) is 4.99 Å². The van der Waals surface area contributed by atoms with Crippen LogP contribution < -0.4 is 4.72 Å². The van der Waals surface area contributed by atoms with Crippen molar-refractivity contribution in [1.29, 1.82) is 0 Å². The number of nitrogens with one attached hydrogen (secondary N) is 1. The lowest BCUT2D eigenvalue weighted by atomic mass is 10.2. The van der Waals surface area contributed by atoms with Gasteiger partial charge in [0.05, 0.1) is 21.2 Å². The molecule has 0 saturated heterocycles. The Labute approximate surface area is 167 Å². The molecule has 148 valence electrons. The molecule has 3 rings (SSSR count). The molecule has 0 spiro atoms. The molecule has 0 unspecified atom stereocenters. The van der Waals surface area contributed by atoms with Crippen molar-refractivity contribution in [3.8, 4) is 5.75 Å². The molecule has 0 radical (unpaired) electrons. The number of benzene rings is 3. The second-order valence-corrected chi connectivity index (χ2v) is 7.88. The molecule has 0 aliphatic rings. The first-order chi connectivity index (χ1) is 13.8. The quantitative estimate of drug-likeness (QED) is 0.358. The topological polar surface area (TPSA) is 122 Å². The largest absolute Gasteiger partial charge is 0.507 e. The van der Waals surface area contributed by atoms with Gasteiger partial charge in [0.2, 0.25) is 0 Å². The zero-order valence-electron chi connectivity index (χ0n) is 15.3. The first-order valence-electron chi connectivity index (χ1n) is 8.46. The van der Waals surface area contributed by atoms with Gasteiger partial charge in [0.25, 0.3) is 15.7 Å². The monoisotopic (exact) mass is 411 g/mol. The van der Waals surface area contributed by atoms with Crippen molar-refractivity contribution < 1.29 is 18.4 Å². The lowest BCUT2D eigenvalue weighted by Gasteiger charge is -2.10. The Morgan fingerprint density at radius 3 is 2.45 bits per heavy atom. The van der Waals surface area contributed by atoms with Crippen LogP contribution in [0.4, 0.5) is 17.1 Å². The third-order valence-corrected chi connectivity index (χ3v) is 5.43. The van der Waals surface area contributed by atoms with Gasteiger partial charge < -0.3 is 5.11 Å². The Balaban J connectivity index is 1.92. The number of phenols is 1. The summed E-state index contributed by atoms with van der Waals surface area (Å²) in [7, 11) is -3.82. The van der Waals surface area contributed by atoms with Crippen LogP contribution in [0.25, 0.3) is 0 Å². The number of aliphatic imine (C=N–C) groups is 1. The molecule has 0 heterocycles. The smallest absolute Gasteiger partial charge is 0.270 e. The summed E-state index contributed by atoms with van der Waals surface area (Å²) in [6, 6.07) is 16.4. The van der Waals surface area contributed by atoms with E-state index < -0.39 is 14.9 Å². The molecular weight excluding hydrogens is 394 g/mol. The van der Waals surface area contributed by atoms with Gasteiger partial charge in [-0.15, -0.1) is 0 Å². The Morgan fingerprint density at radius 1 is 1.07 bits per heavy atom. The van der Waals surface area contributed by atoms with E-state index in [2.05, 4.69) is 9.71 Å². The lowest BCUT2D eigenvalue weighted by Crippen LogP contribution is -2.13. The van der Waals surface area contributed by atoms with Crippen molar-refractivity contribution in [3.05, 3.63) is 88.0 Å². The van der Waals surface area contributed by atoms with E-state index in [1.807, 2.05) is 6.92 Å². The van der Waals surface area contributed by atoms with Crippen molar-refractivity contribution in [3.63, 3.8) is 0 Å². The summed E-state index contributed by atoms with van der Waals surface area (Å²) in [6.45, 7) is 1.86. The standard InChI is InChI=1S/C20H17N3O5S/c1-14-6-9-17(10-7-14)29(27,28)22-19-5-3-2-4-18(19)21-13-15-12-16(23(25)26)8-11-20(15)24/h2-13,22,24H,1H3. The second-order valence-electron chi connectivity index (χ2n) is 6.19. The van der Waals surface area contributed by atoms with Gasteiger partial charge in [0.15, 0.2) is 0 Å². The molecule has 9 heteroatoms. The van der Waals surface area contributed by atoms with Crippen LogP contribution in [0, 0.1) is 17.0 Å². The number of anilines is 1. The molecule has 0 amide bonds. The average molecular weight is 411 g/mol. The van der Waals surface area contributed by atoms with Crippen LogP contribution in [-0.4, -0.2) is 24.7 Å². The zero-order valence-corrected chi connectivity index (χ0v) is 16.1. The molecule has 3 aromatic rings. The summed E-state index contributed by atoms with van der Waals surface area (Å²) in [5.41, 5.74) is 1.39. The fraction of sp³-hybridized carbons (Fsp3) is 0.0500. The number of hydrogen-bond donors (Lipinski definition) is 2. The van der Waals surface area contributed by atoms with Crippen LogP contribution in [0.15, 0.2) is 76.6 Å². The molecule has 0 aromatic heterocycles. The number of phenolic OH excluding ortho intramolecular Hbond substituents is 1. The number of para-hydroxylation sites is 2. The Hall–Kier alpha value is -3.72. The maximum absolute atomic E-state index is 12.6. The summed E-state index contributed by atoms with van der Waals surface area (Å²) in [6.07, 6.45) is 1.24. The number of non-ortho nitro benzene ring substituents is 1. The lowest BCUT2D eigenvalue weighted by molar-refractivity contribution is -0.384. The van der Waals surface area contributed by atoms with Crippen molar-refractivity contribution in [1.82, 2.24) is 0 Å². The van der Waals surface area contributed by atoms with Crippen LogP contribution in [0.1, 0.15) is 11.1 Å². The highest BCUT2D eigenvalue weighted by Crippen LogP contribution is 2.28. The molecule has 29 heavy (non-hydrogen) atoms. The number of nitrogens with zero attached hydrogens (tertiary/aromatic N) is 2. The molecule has 0 aliphatic heterocycles. The SMILES string of the molecule is Cc1ccc(S(=O)(=O)Nc2ccccc2N=Cc2cc([N+](=O)[O-])ccc2O)cc1. The highest BCUT2D eigenvalue weighted by molar-refractivity contribution is 7.92. The molecule has 3 aromatic carbocycles. The van der Waals surface area contributed by atoms with Gasteiger partial charge in [-0.1, -0.05) is 29.8 Å². The minimum Gasteiger partial charge on any atom is -0.507 e.